The summed E-state index contributed by atoms with van der Waals surface area (Å²) in [6, 6.07) is 0.454. The van der Waals surface area contributed by atoms with Gasteiger partial charge in [0.1, 0.15) is 47.0 Å². The van der Waals surface area contributed by atoms with Crippen LogP contribution in [0.25, 0.3) is 0 Å². The summed E-state index contributed by atoms with van der Waals surface area (Å²) >= 11 is 0. The Morgan fingerprint density at radius 2 is 1.11 bits per heavy atom. The van der Waals surface area contributed by atoms with Crippen molar-refractivity contribution in [3.63, 3.8) is 0 Å². The molecule has 448 valence electrons. The Balaban J connectivity index is 2.05. The highest BCUT2D eigenvalue weighted by molar-refractivity contribution is 6.48. The maximum Gasteiger partial charge on any atom is 0.482 e. The van der Waals surface area contributed by atoms with E-state index in [9.17, 15) is 38.4 Å². The Morgan fingerprint density at radius 3 is 1.65 bits per heavy atom. The van der Waals surface area contributed by atoms with Gasteiger partial charge in [-0.1, -0.05) is 63.5 Å². The second-order valence-electron chi connectivity index (χ2n) is 25.7. The fourth-order valence-electron chi connectivity index (χ4n) is 9.21. The number of benzene rings is 1. The van der Waals surface area contributed by atoms with Crippen LogP contribution in [0.3, 0.4) is 0 Å². The minimum absolute atomic E-state index is 0.0473. The first kappa shape index (κ1) is 68.4. The van der Waals surface area contributed by atoms with Crippen LogP contribution in [0.15, 0.2) is 36.9 Å². The zero-order valence-corrected chi connectivity index (χ0v) is 50.7. The van der Waals surface area contributed by atoms with Crippen LogP contribution < -0.4 is 31.9 Å². The molecule has 6 N–H and O–H groups in total. The number of carbonyl (C=O) groups excluding carboxylic acids is 9. The molecule has 0 spiro atoms. The number of hydrogen-bond donors (Lipinski definition) is 6. The number of aryl methyl sites for hydroxylation is 1. The Bertz CT molecular complexity index is 2310. The van der Waals surface area contributed by atoms with Crippen LogP contribution in [-0.2, 0) is 73.1 Å². The zero-order valence-electron chi connectivity index (χ0n) is 50.7. The standard InChI is InChI=1S/C59H95BN6O14/c1-18-24-44(60-79-58(14,15)59(16,17)80-60)65-52(73)41(33-36(2)3)64-54(75)49(38-26-20-19-21-27-38)66-53(74)42(34-39-28-23-22-25-37(39)4)63-50(71)40(29-31-46(68)76-55(5,6)7)62-51(72)43(35-48(70)78-57(11,12)13)61-45(67)30-32-47(69)77-56(8,9)10/h18,22-23,25,28,36,38,40-44,49H,1,19-21,24,26-27,29-35H2,2-17H3,(H,61,67)(H,62,72)(H,63,71)(H,64,75)(H,65,73)(H,66,74)/t40-,41-,42-,43-,44?,49-/m0/s1. The van der Waals surface area contributed by atoms with Crippen molar-refractivity contribution >= 4 is 60.5 Å². The second-order valence-corrected chi connectivity index (χ2v) is 25.7. The van der Waals surface area contributed by atoms with E-state index in [-0.39, 0.29) is 43.9 Å². The molecule has 20 nitrogen and oxygen atoms in total. The van der Waals surface area contributed by atoms with Crippen LogP contribution in [0, 0.1) is 18.8 Å². The van der Waals surface area contributed by atoms with Crippen LogP contribution >= 0.6 is 0 Å². The van der Waals surface area contributed by atoms with E-state index in [1.54, 1.807) is 80.5 Å². The van der Waals surface area contributed by atoms with Crippen molar-refractivity contribution < 1.29 is 66.7 Å². The molecule has 2 fully saturated rings. The molecular formula is C59H95BN6O14. The van der Waals surface area contributed by atoms with E-state index in [1.807, 2.05) is 60.6 Å². The molecule has 1 saturated heterocycles. The number of amides is 6. The SMILES string of the molecule is C=CCC(NC(=O)[C@H](CC(C)C)NC(=O)[C@@H](NC(=O)[C@H](Cc1ccccc1C)NC(=O)[C@H](CCC(=O)OC(C)(C)C)NC(=O)[C@H](CC(=O)OC(C)(C)C)NC(=O)CCC(=O)OC(C)(C)C)C1CCCCC1)B1OC(C)(C)C(C)(C)O1. The molecule has 0 bridgehead atoms. The van der Waals surface area contributed by atoms with Crippen molar-refractivity contribution in [1.29, 1.82) is 0 Å². The molecule has 0 radical (unpaired) electrons. The maximum atomic E-state index is 15.0. The molecule has 1 heterocycles. The highest BCUT2D eigenvalue weighted by Gasteiger charge is 2.54. The van der Waals surface area contributed by atoms with Gasteiger partial charge >= 0.3 is 25.0 Å². The van der Waals surface area contributed by atoms with Gasteiger partial charge in [0.25, 0.3) is 0 Å². The number of rotatable bonds is 27. The largest absolute Gasteiger partial charge is 0.482 e. The summed E-state index contributed by atoms with van der Waals surface area (Å²) in [5.74, 6) is -7.75. The average Bonchev–Trinajstić information content (AvgIpc) is 3.54. The van der Waals surface area contributed by atoms with Crippen molar-refractivity contribution in [2.24, 2.45) is 11.8 Å². The topological polar surface area (TPSA) is 272 Å². The summed E-state index contributed by atoms with van der Waals surface area (Å²) in [5, 5.41) is 16.9. The number of ether oxygens (including phenoxy) is 3. The summed E-state index contributed by atoms with van der Waals surface area (Å²) in [5.41, 5.74) is -2.59. The summed E-state index contributed by atoms with van der Waals surface area (Å²) in [6.07, 6.45) is 3.68. The molecule has 1 saturated carbocycles. The monoisotopic (exact) mass is 1120 g/mol. The first-order chi connectivity index (χ1) is 36.9. The van der Waals surface area contributed by atoms with E-state index in [0.717, 1.165) is 24.8 Å². The number of carbonyl (C=O) groups is 9. The summed E-state index contributed by atoms with van der Waals surface area (Å²) in [7, 11) is -0.806. The van der Waals surface area contributed by atoms with Gasteiger partial charge in [0.05, 0.1) is 30.0 Å². The van der Waals surface area contributed by atoms with Gasteiger partial charge in [0, 0.05) is 19.3 Å². The molecule has 1 aliphatic heterocycles. The second kappa shape index (κ2) is 29.8. The Hall–Kier alpha value is -5.83. The molecule has 1 aromatic carbocycles. The minimum atomic E-state index is -1.63. The zero-order chi connectivity index (χ0) is 60.6. The van der Waals surface area contributed by atoms with Crippen molar-refractivity contribution in [2.45, 2.75) is 258 Å². The first-order valence-corrected chi connectivity index (χ1v) is 28.4. The third kappa shape index (κ3) is 23.7. The van der Waals surface area contributed by atoms with E-state index < -0.39 is 137 Å². The Kier molecular flexibility index (Phi) is 25.5. The number of nitrogens with one attached hydrogen (secondary N) is 6. The van der Waals surface area contributed by atoms with Crippen molar-refractivity contribution in [2.75, 3.05) is 0 Å². The Morgan fingerprint density at radius 1 is 0.625 bits per heavy atom. The molecule has 80 heavy (non-hydrogen) atoms. The van der Waals surface area contributed by atoms with Crippen molar-refractivity contribution in [1.82, 2.24) is 31.9 Å². The van der Waals surface area contributed by atoms with Gasteiger partial charge < -0.3 is 55.4 Å². The third-order valence-corrected chi connectivity index (χ3v) is 13.8. The Labute approximate surface area is 475 Å². The molecular weight excluding hydrogens is 1030 g/mol. The molecule has 1 aromatic rings. The highest BCUT2D eigenvalue weighted by atomic mass is 16.7. The van der Waals surface area contributed by atoms with E-state index >= 15 is 4.79 Å². The van der Waals surface area contributed by atoms with Gasteiger partial charge in [-0.25, -0.2) is 0 Å². The molecule has 0 aromatic heterocycles. The van der Waals surface area contributed by atoms with Gasteiger partial charge in [0.2, 0.25) is 35.4 Å². The van der Waals surface area contributed by atoms with Gasteiger partial charge in [-0.2, -0.15) is 0 Å². The number of hydrogen-bond acceptors (Lipinski definition) is 14. The van der Waals surface area contributed by atoms with E-state index in [0.29, 0.717) is 24.8 Å². The molecule has 21 heteroatoms. The fourth-order valence-corrected chi connectivity index (χ4v) is 9.21. The van der Waals surface area contributed by atoms with Crippen LogP contribution in [0.5, 0.6) is 0 Å². The van der Waals surface area contributed by atoms with Crippen molar-refractivity contribution in [3.8, 4) is 0 Å². The van der Waals surface area contributed by atoms with Gasteiger partial charge in [-0.15, -0.1) is 6.58 Å². The quantitative estimate of drug-likeness (QED) is 0.0246. The smallest absolute Gasteiger partial charge is 0.460 e. The van der Waals surface area contributed by atoms with E-state index in [4.69, 9.17) is 23.5 Å². The fraction of sp³-hybridized carbons (Fsp3) is 0.712. The molecule has 1 unspecified atom stereocenters. The predicted octanol–water partition coefficient (Wildman–Crippen LogP) is 6.26. The molecule has 2 aliphatic rings. The normalized spacial score (nSPS) is 17.7. The number of esters is 3. The van der Waals surface area contributed by atoms with Gasteiger partial charge in [0.15, 0.2) is 0 Å². The van der Waals surface area contributed by atoms with E-state index in [1.165, 1.54) is 0 Å². The maximum absolute atomic E-state index is 15.0. The summed E-state index contributed by atoms with van der Waals surface area (Å²) in [4.78, 5) is 126. The van der Waals surface area contributed by atoms with Gasteiger partial charge in [-0.3, -0.25) is 43.2 Å². The lowest BCUT2D eigenvalue weighted by molar-refractivity contribution is -0.158. The molecule has 1 aliphatic carbocycles. The van der Waals surface area contributed by atoms with Crippen LogP contribution in [0.2, 0.25) is 0 Å². The lowest BCUT2D eigenvalue weighted by atomic mass is 9.76. The van der Waals surface area contributed by atoms with Crippen LogP contribution in [-0.4, -0.2) is 125 Å². The lowest BCUT2D eigenvalue weighted by Crippen LogP contribution is -2.61. The van der Waals surface area contributed by atoms with E-state index in [2.05, 4.69) is 38.5 Å². The average molecular weight is 1120 g/mol. The van der Waals surface area contributed by atoms with Crippen LogP contribution in [0.1, 0.15) is 192 Å². The molecule has 6 atom stereocenters. The predicted molar refractivity (Wildman–Crippen MR) is 304 cm³/mol. The highest BCUT2D eigenvalue weighted by Crippen LogP contribution is 2.38. The summed E-state index contributed by atoms with van der Waals surface area (Å²) < 4.78 is 28.9. The summed E-state index contributed by atoms with van der Waals surface area (Å²) in [6.45, 7) is 32.1. The minimum Gasteiger partial charge on any atom is -0.460 e. The first-order valence-electron chi connectivity index (χ1n) is 28.4. The third-order valence-electron chi connectivity index (χ3n) is 13.8. The molecule has 3 rings (SSSR count). The van der Waals surface area contributed by atoms with Crippen LogP contribution in [0.4, 0.5) is 0 Å². The molecule has 6 amide bonds. The lowest BCUT2D eigenvalue weighted by Gasteiger charge is -2.33. The van der Waals surface area contributed by atoms with Crippen molar-refractivity contribution in [3.05, 3.63) is 48.0 Å². The van der Waals surface area contributed by atoms with Gasteiger partial charge in [-0.05, 0) is 152 Å².